The topological polar surface area (TPSA) is 34.1 Å². The van der Waals surface area contributed by atoms with E-state index in [0.717, 1.165) is 5.56 Å². The molecular weight excluding hydrogens is 342 g/mol. The summed E-state index contributed by atoms with van der Waals surface area (Å²) in [6.07, 6.45) is 0.154. The van der Waals surface area contributed by atoms with Gasteiger partial charge in [-0.05, 0) is 12.0 Å². The molecule has 3 aliphatic rings. The molecule has 2 bridgehead atoms. The molecule has 6 heteroatoms. The van der Waals surface area contributed by atoms with Crippen molar-refractivity contribution in [1.29, 1.82) is 0 Å². The Labute approximate surface area is 135 Å². The molecule has 3 atom stereocenters. The molecular formula is C14H8Cl4O2. The summed E-state index contributed by atoms with van der Waals surface area (Å²) in [6, 6.07) is 9.14. The lowest BCUT2D eigenvalue weighted by Crippen LogP contribution is -2.62. The van der Waals surface area contributed by atoms with Crippen LogP contribution in [0.25, 0.3) is 0 Å². The van der Waals surface area contributed by atoms with Gasteiger partial charge in [0.15, 0.2) is 4.87 Å². The molecule has 0 heterocycles. The maximum atomic E-state index is 12.3. The summed E-state index contributed by atoms with van der Waals surface area (Å²) in [6.45, 7) is 0. The molecule has 0 amide bonds. The van der Waals surface area contributed by atoms with E-state index >= 15 is 0 Å². The SMILES string of the molecule is O=C1C(=O)[C@@]2(Cl)C(Cl)=C(Cl)[C@]1(Cl)C[C@@H]2c1ccccc1. The highest BCUT2D eigenvalue weighted by Gasteiger charge is 2.67. The predicted molar refractivity (Wildman–Crippen MR) is 79.7 cm³/mol. The number of rotatable bonds is 1. The van der Waals surface area contributed by atoms with E-state index in [0.29, 0.717) is 0 Å². The Morgan fingerprint density at radius 2 is 1.55 bits per heavy atom. The lowest BCUT2D eigenvalue weighted by molar-refractivity contribution is -0.141. The van der Waals surface area contributed by atoms with Crippen molar-refractivity contribution < 1.29 is 9.59 Å². The number of hydrogen-bond donors (Lipinski definition) is 0. The first-order valence-electron chi connectivity index (χ1n) is 5.91. The zero-order valence-corrected chi connectivity index (χ0v) is 13.0. The largest absolute Gasteiger partial charge is 0.288 e. The summed E-state index contributed by atoms with van der Waals surface area (Å²) in [4.78, 5) is 21.2. The molecule has 0 N–H and O–H groups in total. The number of Topliss-reactive ketones (excluding diaryl/α,β-unsaturated/α-hetero) is 2. The van der Waals surface area contributed by atoms with E-state index < -0.39 is 27.2 Å². The summed E-state index contributed by atoms with van der Waals surface area (Å²) in [5.41, 5.74) is 0.802. The van der Waals surface area contributed by atoms with Crippen molar-refractivity contribution in [3.8, 4) is 0 Å². The third-order valence-electron chi connectivity index (χ3n) is 3.92. The van der Waals surface area contributed by atoms with E-state index in [1.54, 1.807) is 0 Å². The molecule has 1 aromatic carbocycles. The van der Waals surface area contributed by atoms with Crippen molar-refractivity contribution in [2.24, 2.45) is 0 Å². The maximum absolute atomic E-state index is 12.3. The first-order chi connectivity index (χ1) is 9.33. The van der Waals surface area contributed by atoms with Crippen molar-refractivity contribution in [2.75, 3.05) is 0 Å². The summed E-state index contributed by atoms with van der Waals surface area (Å²) >= 11 is 25.0. The molecule has 1 saturated carbocycles. The minimum Gasteiger partial charge on any atom is -0.288 e. The van der Waals surface area contributed by atoms with Crippen LogP contribution in [0, 0.1) is 0 Å². The number of allylic oxidation sites excluding steroid dienone is 2. The van der Waals surface area contributed by atoms with E-state index in [-0.39, 0.29) is 16.5 Å². The number of alkyl halides is 2. The van der Waals surface area contributed by atoms with E-state index in [9.17, 15) is 9.59 Å². The first-order valence-corrected chi connectivity index (χ1v) is 7.43. The van der Waals surface area contributed by atoms with Gasteiger partial charge in [-0.1, -0.05) is 53.5 Å². The number of hydrogen-bond acceptors (Lipinski definition) is 2. The zero-order chi connectivity index (χ0) is 14.7. The molecule has 1 aromatic rings. The lowest BCUT2D eigenvalue weighted by Gasteiger charge is -2.48. The summed E-state index contributed by atoms with van der Waals surface area (Å²) in [5, 5.41) is -0.0758. The van der Waals surface area contributed by atoms with Crippen molar-refractivity contribution in [2.45, 2.75) is 22.1 Å². The monoisotopic (exact) mass is 348 g/mol. The molecule has 2 nitrogen and oxygen atoms in total. The highest BCUT2D eigenvalue weighted by Crippen LogP contribution is 2.61. The van der Waals surface area contributed by atoms with Gasteiger partial charge >= 0.3 is 0 Å². The molecule has 3 aliphatic carbocycles. The molecule has 0 aromatic heterocycles. The van der Waals surface area contributed by atoms with Crippen LogP contribution in [0.5, 0.6) is 0 Å². The average Bonchev–Trinajstić information content (AvgIpc) is 2.46. The minimum absolute atomic E-state index is 0.0346. The summed E-state index contributed by atoms with van der Waals surface area (Å²) < 4.78 is 0. The van der Waals surface area contributed by atoms with Crippen LogP contribution >= 0.6 is 46.4 Å². The third kappa shape index (κ3) is 1.59. The van der Waals surface area contributed by atoms with Crippen LogP contribution in [0.1, 0.15) is 17.9 Å². The van der Waals surface area contributed by atoms with Crippen LogP contribution in [0.2, 0.25) is 0 Å². The van der Waals surface area contributed by atoms with Gasteiger partial charge in [0.1, 0.15) is 4.87 Å². The molecule has 0 unspecified atom stereocenters. The van der Waals surface area contributed by atoms with Gasteiger partial charge < -0.3 is 0 Å². The number of ketones is 2. The normalized spacial score (nSPS) is 36.7. The van der Waals surface area contributed by atoms with Crippen LogP contribution in [0.3, 0.4) is 0 Å². The number of carbonyl (C=O) groups is 2. The molecule has 104 valence electrons. The number of halogens is 4. The van der Waals surface area contributed by atoms with Gasteiger partial charge in [-0.15, -0.1) is 23.2 Å². The highest BCUT2D eigenvalue weighted by molar-refractivity contribution is 6.70. The van der Waals surface area contributed by atoms with Crippen LogP contribution in [-0.2, 0) is 9.59 Å². The Morgan fingerprint density at radius 1 is 0.950 bits per heavy atom. The Bertz CT molecular complexity index is 654. The molecule has 20 heavy (non-hydrogen) atoms. The Kier molecular flexibility index (Phi) is 3.22. The van der Waals surface area contributed by atoms with Crippen molar-refractivity contribution in [3.63, 3.8) is 0 Å². The highest BCUT2D eigenvalue weighted by atomic mass is 35.5. The molecule has 0 aliphatic heterocycles. The zero-order valence-electron chi connectivity index (χ0n) is 10.00. The van der Waals surface area contributed by atoms with E-state index in [4.69, 9.17) is 46.4 Å². The van der Waals surface area contributed by atoms with Gasteiger partial charge in [0, 0.05) is 5.92 Å². The predicted octanol–water partition coefficient (Wildman–Crippen LogP) is 3.97. The second-order valence-electron chi connectivity index (χ2n) is 4.97. The van der Waals surface area contributed by atoms with Gasteiger partial charge in [-0.25, -0.2) is 0 Å². The summed E-state index contributed by atoms with van der Waals surface area (Å²) in [7, 11) is 0. The van der Waals surface area contributed by atoms with Gasteiger partial charge in [0.2, 0.25) is 11.6 Å². The molecule has 0 spiro atoms. The van der Waals surface area contributed by atoms with Gasteiger partial charge in [0.05, 0.1) is 10.1 Å². The second-order valence-corrected chi connectivity index (χ2v) is 6.96. The Morgan fingerprint density at radius 3 is 2.15 bits per heavy atom. The van der Waals surface area contributed by atoms with Gasteiger partial charge in [0.25, 0.3) is 0 Å². The maximum Gasteiger partial charge on any atom is 0.227 e. The van der Waals surface area contributed by atoms with Gasteiger partial charge in [-0.2, -0.15) is 0 Å². The van der Waals surface area contributed by atoms with E-state index in [2.05, 4.69) is 0 Å². The summed E-state index contributed by atoms with van der Waals surface area (Å²) in [5.74, 6) is -2.05. The van der Waals surface area contributed by atoms with Crippen LogP contribution in [0.4, 0.5) is 0 Å². The average molecular weight is 350 g/mol. The smallest absolute Gasteiger partial charge is 0.227 e. The standard InChI is InChI=1S/C14H8Cl4O2/c15-9-10(16)14(18)8(7-4-2-1-3-5-7)6-13(9,17)11(19)12(14)20/h1-5,8H,6H2/t8-,13-,14+/m1/s1. The van der Waals surface area contributed by atoms with Crippen molar-refractivity contribution >= 4 is 58.0 Å². The molecule has 0 radical (unpaired) electrons. The fourth-order valence-corrected chi connectivity index (χ4v) is 4.33. The molecule has 0 saturated heterocycles. The number of carbonyl (C=O) groups excluding carboxylic acids is 2. The van der Waals surface area contributed by atoms with Crippen LogP contribution in [0.15, 0.2) is 40.4 Å². The molecule has 4 rings (SSSR count). The Balaban J connectivity index is 2.25. The minimum atomic E-state index is -1.65. The fraction of sp³-hybridized carbons (Fsp3) is 0.286. The second kappa shape index (κ2) is 4.48. The van der Waals surface area contributed by atoms with Crippen LogP contribution < -0.4 is 0 Å². The molecule has 1 fully saturated rings. The number of fused-ring (bicyclic) bond motifs is 2. The van der Waals surface area contributed by atoms with Crippen LogP contribution in [-0.4, -0.2) is 21.3 Å². The quantitative estimate of drug-likeness (QED) is 0.567. The van der Waals surface area contributed by atoms with Gasteiger partial charge in [-0.3, -0.25) is 9.59 Å². The van der Waals surface area contributed by atoms with E-state index in [1.165, 1.54) is 0 Å². The Hall–Kier alpha value is -0.540. The van der Waals surface area contributed by atoms with E-state index in [1.807, 2.05) is 30.3 Å². The fourth-order valence-electron chi connectivity index (χ4n) is 2.83. The van der Waals surface area contributed by atoms with Crippen molar-refractivity contribution in [1.82, 2.24) is 0 Å². The lowest BCUT2D eigenvalue weighted by atomic mass is 9.64. The van der Waals surface area contributed by atoms with Crippen molar-refractivity contribution in [3.05, 3.63) is 46.0 Å². The third-order valence-corrected chi connectivity index (χ3v) is 6.35. The first kappa shape index (κ1) is 14.4. The number of benzene rings is 1.